The molecule has 0 aliphatic carbocycles. The van der Waals surface area contributed by atoms with E-state index in [1.54, 1.807) is 30.3 Å². The second kappa shape index (κ2) is 8.21. The Morgan fingerprint density at radius 2 is 1.87 bits per heavy atom. The van der Waals surface area contributed by atoms with Crippen molar-refractivity contribution in [3.8, 4) is 0 Å². The molecule has 5 nitrogen and oxygen atoms in total. The zero-order valence-corrected chi connectivity index (χ0v) is 13.0. The number of aromatic nitrogens is 2. The van der Waals surface area contributed by atoms with Gasteiger partial charge in [-0.15, -0.1) is 13.2 Å². The van der Waals surface area contributed by atoms with Crippen LogP contribution in [0, 0.1) is 6.92 Å². The van der Waals surface area contributed by atoms with Gasteiger partial charge in [0.15, 0.2) is 0 Å². The first kappa shape index (κ1) is 18.5. The van der Waals surface area contributed by atoms with Gasteiger partial charge in [0.1, 0.15) is 12.4 Å². The van der Waals surface area contributed by atoms with E-state index in [4.69, 9.17) is 4.74 Å². The largest absolute Gasteiger partial charge is 0.506 e. The molecule has 2 aromatic rings. The Balaban J connectivity index is 0.00000127. The highest BCUT2D eigenvalue weighted by Gasteiger charge is 2.35. The molecule has 23 heavy (non-hydrogen) atoms. The van der Waals surface area contributed by atoms with Crippen LogP contribution in [0.1, 0.15) is 25.0 Å². The van der Waals surface area contributed by atoms with Crippen LogP contribution in [0.4, 0.5) is 23.8 Å². The lowest BCUT2D eigenvalue weighted by Crippen LogP contribution is -2.24. The lowest BCUT2D eigenvalue weighted by atomic mass is 10.2. The number of aryl methyl sites for hydroxylation is 1. The van der Waals surface area contributed by atoms with Crippen LogP contribution in [0.2, 0.25) is 0 Å². The molecule has 0 atom stereocenters. The summed E-state index contributed by atoms with van der Waals surface area (Å²) < 4.78 is 42.7. The van der Waals surface area contributed by atoms with E-state index in [2.05, 4.69) is 10.4 Å². The van der Waals surface area contributed by atoms with Crippen LogP contribution >= 0.6 is 0 Å². The van der Waals surface area contributed by atoms with Crippen LogP contribution in [0.15, 0.2) is 36.5 Å². The zero-order valence-electron chi connectivity index (χ0n) is 13.0. The predicted molar refractivity (Wildman–Crippen MR) is 79.9 cm³/mol. The maximum absolute atomic E-state index is 12.7. The minimum absolute atomic E-state index is 0.0358. The molecule has 0 saturated carbocycles. The van der Waals surface area contributed by atoms with E-state index < -0.39 is 18.2 Å². The third-order valence-electron chi connectivity index (χ3n) is 2.63. The van der Waals surface area contributed by atoms with Crippen molar-refractivity contribution in [2.24, 2.45) is 0 Å². The Morgan fingerprint density at radius 3 is 2.43 bits per heavy atom. The van der Waals surface area contributed by atoms with Gasteiger partial charge in [-0.25, -0.2) is 4.79 Å². The summed E-state index contributed by atoms with van der Waals surface area (Å²) in [6, 6.07) is 8.80. The molecule has 2 rings (SSSR count). The maximum Gasteiger partial charge on any atom is 0.506 e. The van der Waals surface area contributed by atoms with Crippen LogP contribution in [-0.4, -0.2) is 15.9 Å². The molecule has 8 heteroatoms. The smallest absolute Gasteiger partial charge is 0.444 e. The van der Waals surface area contributed by atoms with Gasteiger partial charge in [-0.2, -0.15) is 9.78 Å². The molecule has 126 valence electrons. The van der Waals surface area contributed by atoms with Gasteiger partial charge in [0.25, 0.3) is 0 Å². The highest BCUT2D eigenvalue weighted by atomic mass is 19.4. The van der Waals surface area contributed by atoms with Gasteiger partial charge < -0.3 is 4.74 Å². The minimum Gasteiger partial charge on any atom is -0.444 e. The summed E-state index contributed by atoms with van der Waals surface area (Å²) in [4.78, 5) is 11.6. The normalized spacial score (nSPS) is 10.5. The van der Waals surface area contributed by atoms with Gasteiger partial charge in [0.05, 0.1) is 6.20 Å². The molecular weight excluding hydrogens is 311 g/mol. The van der Waals surface area contributed by atoms with Crippen LogP contribution < -0.4 is 5.32 Å². The number of rotatable bonds is 3. The number of amides is 1. The van der Waals surface area contributed by atoms with Gasteiger partial charge in [-0.05, 0) is 12.5 Å². The van der Waals surface area contributed by atoms with Gasteiger partial charge in [0.2, 0.25) is 0 Å². The number of halogens is 3. The fourth-order valence-corrected chi connectivity index (χ4v) is 1.63. The molecule has 1 amide bonds. The SMILES string of the molecule is CC.Cc1cnn(C(F)(F)F)c1NC(=O)OCc1ccccc1. The molecule has 0 aliphatic heterocycles. The van der Waals surface area contributed by atoms with Gasteiger partial charge in [0, 0.05) is 5.56 Å². The zero-order chi connectivity index (χ0) is 17.5. The Kier molecular flexibility index (Phi) is 6.62. The molecule has 0 bridgehead atoms. The van der Waals surface area contributed by atoms with E-state index >= 15 is 0 Å². The number of alkyl halides is 3. The van der Waals surface area contributed by atoms with Gasteiger partial charge >= 0.3 is 12.4 Å². The average molecular weight is 329 g/mol. The minimum atomic E-state index is -4.71. The second-order valence-corrected chi connectivity index (χ2v) is 4.24. The van der Waals surface area contributed by atoms with Crippen molar-refractivity contribution in [2.45, 2.75) is 33.7 Å². The number of hydrogen-bond acceptors (Lipinski definition) is 3. The molecule has 1 aromatic carbocycles. The first-order valence-electron chi connectivity index (χ1n) is 6.97. The highest BCUT2D eigenvalue weighted by Crippen LogP contribution is 2.28. The topological polar surface area (TPSA) is 56.2 Å². The summed E-state index contributed by atoms with van der Waals surface area (Å²) in [7, 11) is 0. The molecule has 0 saturated heterocycles. The van der Waals surface area contributed by atoms with Crippen molar-refractivity contribution in [3.63, 3.8) is 0 Å². The quantitative estimate of drug-likeness (QED) is 0.905. The van der Waals surface area contributed by atoms with E-state index in [9.17, 15) is 18.0 Å². The number of nitrogens with zero attached hydrogens (tertiary/aromatic N) is 2. The van der Waals surface area contributed by atoms with E-state index in [-0.39, 0.29) is 16.9 Å². The number of anilines is 1. The molecule has 1 heterocycles. The average Bonchev–Trinajstić information content (AvgIpc) is 2.89. The fourth-order valence-electron chi connectivity index (χ4n) is 1.63. The summed E-state index contributed by atoms with van der Waals surface area (Å²) in [5, 5.41) is 5.23. The van der Waals surface area contributed by atoms with Crippen LogP contribution in [-0.2, 0) is 17.6 Å². The summed E-state index contributed by atoms with van der Waals surface area (Å²) in [5.41, 5.74) is 0.915. The molecule has 0 aliphatic rings. The third-order valence-corrected chi connectivity index (χ3v) is 2.63. The van der Waals surface area contributed by atoms with Crippen molar-refractivity contribution in [2.75, 3.05) is 5.32 Å². The monoisotopic (exact) mass is 329 g/mol. The Hall–Kier alpha value is -2.51. The molecule has 1 aromatic heterocycles. The number of ether oxygens (including phenoxy) is 1. The van der Waals surface area contributed by atoms with Crippen LogP contribution in [0.3, 0.4) is 0 Å². The molecule has 0 radical (unpaired) electrons. The Labute approximate surface area is 132 Å². The lowest BCUT2D eigenvalue weighted by molar-refractivity contribution is -0.210. The third kappa shape index (κ3) is 5.32. The number of hydrogen-bond donors (Lipinski definition) is 1. The number of benzene rings is 1. The van der Waals surface area contributed by atoms with Crippen molar-refractivity contribution in [1.82, 2.24) is 9.78 Å². The number of carbonyl (C=O) groups is 1. The fraction of sp³-hybridized carbons (Fsp3) is 0.333. The number of carbonyl (C=O) groups excluding carboxylic acids is 1. The second-order valence-electron chi connectivity index (χ2n) is 4.24. The maximum atomic E-state index is 12.7. The lowest BCUT2D eigenvalue weighted by Gasteiger charge is -2.12. The van der Waals surface area contributed by atoms with Crippen molar-refractivity contribution in [3.05, 3.63) is 47.7 Å². The van der Waals surface area contributed by atoms with E-state index in [1.165, 1.54) is 6.92 Å². The first-order valence-corrected chi connectivity index (χ1v) is 6.97. The summed E-state index contributed by atoms with van der Waals surface area (Å²) in [6.45, 7) is 5.37. The van der Waals surface area contributed by atoms with Crippen LogP contribution in [0.5, 0.6) is 0 Å². The molecule has 1 N–H and O–H groups in total. The predicted octanol–water partition coefficient (Wildman–Crippen LogP) is 4.44. The Morgan fingerprint density at radius 1 is 1.26 bits per heavy atom. The van der Waals surface area contributed by atoms with Gasteiger partial charge in [-0.1, -0.05) is 44.2 Å². The van der Waals surface area contributed by atoms with Crippen molar-refractivity contribution in [1.29, 1.82) is 0 Å². The summed E-state index contributed by atoms with van der Waals surface area (Å²) >= 11 is 0. The standard InChI is InChI=1S/C13H12F3N3O2.C2H6/c1-9-7-17-19(13(14,15)16)11(9)18-12(20)21-8-10-5-3-2-4-6-10;1-2/h2-7H,8H2,1H3,(H,18,20);1-2H3. The first-order chi connectivity index (χ1) is 10.9. The molecular formula is C15H18F3N3O2. The van der Waals surface area contributed by atoms with Crippen molar-refractivity contribution >= 4 is 11.9 Å². The Bertz CT molecular complexity index is 625. The van der Waals surface area contributed by atoms with Crippen LogP contribution in [0.25, 0.3) is 0 Å². The molecule has 0 fully saturated rings. The summed E-state index contributed by atoms with van der Waals surface area (Å²) in [6.07, 6.45) is -4.68. The van der Waals surface area contributed by atoms with Crippen molar-refractivity contribution < 1.29 is 22.7 Å². The van der Waals surface area contributed by atoms with E-state index in [0.29, 0.717) is 0 Å². The summed E-state index contributed by atoms with van der Waals surface area (Å²) in [5.74, 6) is -0.458. The molecule has 0 unspecified atom stereocenters. The highest BCUT2D eigenvalue weighted by molar-refractivity contribution is 5.84. The van der Waals surface area contributed by atoms with E-state index in [1.807, 2.05) is 13.8 Å². The number of nitrogens with one attached hydrogen (secondary N) is 1. The van der Waals surface area contributed by atoms with E-state index in [0.717, 1.165) is 11.8 Å². The van der Waals surface area contributed by atoms with Gasteiger partial charge in [-0.3, -0.25) is 5.32 Å². The molecule has 0 spiro atoms.